The molecular formula is C20H25BO6. The molecule has 1 N–H and O–H groups in total. The van der Waals surface area contributed by atoms with E-state index in [-0.39, 0.29) is 17.1 Å². The molecule has 144 valence electrons. The van der Waals surface area contributed by atoms with Crippen LogP contribution in [0.3, 0.4) is 0 Å². The molecule has 1 aliphatic heterocycles. The zero-order valence-corrected chi connectivity index (χ0v) is 16.8. The number of ether oxygens (including phenoxy) is 2. The van der Waals surface area contributed by atoms with E-state index in [9.17, 15) is 9.90 Å². The van der Waals surface area contributed by atoms with E-state index in [4.69, 9.17) is 18.8 Å². The molecule has 1 fully saturated rings. The summed E-state index contributed by atoms with van der Waals surface area (Å²) in [5, 5.41) is 11.8. The maximum absolute atomic E-state index is 12.0. The molecule has 0 aromatic heterocycles. The van der Waals surface area contributed by atoms with Gasteiger partial charge in [-0.2, -0.15) is 0 Å². The first kappa shape index (κ1) is 19.5. The van der Waals surface area contributed by atoms with Crippen molar-refractivity contribution in [3.8, 4) is 17.2 Å². The van der Waals surface area contributed by atoms with Gasteiger partial charge in [0, 0.05) is 10.8 Å². The Morgan fingerprint density at radius 3 is 2.15 bits per heavy atom. The SMILES string of the molecule is COc1cc(C(C)=O)c(O)c2c(OC)c(B3OC(C)(C)C(C)(C)O3)ccc12. The van der Waals surface area contributed by atoms with Gasteiger partial charge in [0.05, 0.1) is 36.4 Å². The molecule has 1 saturated heterocycles. The second-order valence-electron chi connectivity index (χ2n) is 7.73. The Morgan fingerprint density at radius 1 is 1.07 bits per heavy atom. The van der Waals surface area contributed by atoms with Crippen molar-refractivity contribution in [2.45, 2.75) is 45.8 Å². The zero-order chi connectivity index (χ0) is 20.1. The molecule has 7 heteroatoms. The number of hydrogen-bond donors (Lipinski definition) is 1. The van der Waals surface area contributed by atoms with Crippen molar-refractivity contribution in [1.82, 2.24) is 0 Å². The lowest BCUT2D eigenvalue weighted by atomic mass is 9.77. The molecule has 0 unspecified atom stereocenters. The Bertz CT molecular complexity index is 903. The summed E-state index contributed by atoms with van der Waals surface area (Å²) in [4.78, 5) is 12.0. The molecular weight excluding hydrogens is 347 g/mol. The Morgan fingerprint density at radius 2 is 1.67 bits per heavy atom. The Kier molecular flexibility index (Phi) is 4.64. The Labute approximate surface area is 159 Å². The number of fused-ring (bicyclic) bond motifs is 1. The van der Waals surface area contributed by atoms with Crippen LogP contribution < -0.4 is 14.9 Å². The number of methoxy groups -OCH3 is 2. The van der Waals surface area contributed by atoms with Crippen molar-refractivity contribution >= 4 is 29.1 Å². The van der Waals surface area contributed by atoms with E-state index in [0.717, 1.165) is 0 Å². The van der Waals surface area contributed by atoms with Crippen LogP contribution in [0.15, 0.2) is 18.2 Å². The number of carbonyl (C=O) groups is 1. The molecule has 3 rings (SSSR count). The van der Waals surface area contributed by atoms with E-state index >= 15 is 0 Å². The summed E-state index contributed by atoms with van der Waals surface area (Å²) in [6.45, 7) is 9.26. The van der Waals surface area contributed by atoms with Gasteiger partial charge in [-0.25, -0.2) is 0 Å². The first-order valence-corrected chi connectivity index (χ1v) is 8.81. The van der Waals surface area contributed by atoms with Crippen LogP contribution in [0.25, 0.3) is 10.8 Å². The minimum atomic E-state index is -0.666. The van der Waals surface area contributed by atoms with Crippen LogP contribution in [-0.4, -0.2) is 43.4 Å². The molecule has 27 heavy (non-hydrogen) atoms. The maximum Gasteiger partial charge on any atom is 0.498 e. The first-order valence-electron chi connectivity index (χ1n) is 8.81. The summed E-state index contributed by atoms with van der Waals surface area (Å²) in [5.41, 5.74) is -0.220. The van der Waals surface area contributed by atoms with Gasteiger partial charge in [0.1, 0.15) is 17.2 Å². The highest BCUT2D eigenvalue weighted by atomic mass is 16.7. The number of Topliss-reactive ketones (excluding diaryl/α,β-unsaturated/α-hetero) is 1. The maximum atomic E-state index is 12.0. The number of benzene rings is 2. The van der Waals surface area contributed by atoms with Gasteiger partial charge >= 0.3 is 7.12 Å². The van der Waals surface area contributed by atoms with E-state index in [1.165, 1.54) is 27.2 Å². The summed E-state index contributed by atoms with van der Waals surface area (Å²) in [5.74, 6) is 0.459. The summed E-state index contributed by atoms with van der Waals surface area (Å²) in [7, 11) is 2.36. The van der Waals surface area contributed by atoms with E-state index in [1.54, 1.807) is 6.07 Å². The van der Waals surface area contributed by atoms with Crippen LogP contribution >= 0.6 is 0 Å². The van der Waals surface area contributed by atoms with Gasteiger partial charge in [0.15, 0.2) is 5.78 Å². The standard InChI is InChI=1S/C20H25BO6/c1-11(22)13-10-15(24-6)12-8-9-14(18(25-7)16(12)17(13)23)21-26-19(2,3)20(4,5)27-21/h8-10,23H,1-7H3. The predicted octanol–water partition coefficient (Wildman–Crippen LogP) is 3.06. The fourth-order valence-electron chi connectivity index (χ4n) is 3.26. The Balaban J connectivity index is 2.28. The van der Waals surface area contributed by atoms with Crippen LogP contribution in [0.1, 0.15) is 45.0 Å². The first-order chi connectivity index (χ1) is 12.5. The van der Waals surface area contributed by atoms with Crippen LogP contribution in [0, 0.1) is 0 Å². The fraction of sp³-hybridized carbons (Fsp3) is 0.450. The number of carbonyl (C=O) groups excluding carboxylic acids is 1. The van der Waals surface area contributed by atoms with E-state index < -0.39 is 18.3 Å². The highest BCUT2D eigenvalue weighted by Crippen LogP contribution is 2.43. The third kappa shape index (κ3) is 2.95. The smallest absolute Gasteiger partial charge is 0.498 e. The van der Waals surface area contributed by atoms with E-state index in [0.29, 0.717) is 27.7 Å². The van der Waals surface area contributed by atoms with Crippen LogP contribution in [-0.2, 0) is 9.31 Å². The quantitative estimate of drug-likeness (QED) is 0.657. The minimum Gasteiger partial charge on any atom is -0.506 e. The van der Waals surface area contributed by atoms with E-state index in [1.807, 2.05) is 33.8 Å². The topological polar surface area (TPSA) is 74.2 Å². The molecule has 6 nitrogen and oxygen atoms in total. The molecule has 2 aromatic carbocycles. The summed E-state index contributed by atoms with van der Waals surface area (Å²) in [6.07, 6.45) is 0. The average molecular weight is 372 g/mol. The molecule has 0 atom stereocenters. The number of phenols is 1. The molecule has 0 saturated carbocycles. The number of ketones is 1. The van der Waals surface area contributed by atoms with E-state index in [2.05, 4.69) is 0 Å². The number of aromatic hydroxyl groups is 1. The van der Waals surface area contributed by atoms with Crippen LogP contribution in [0.5, 0.6) is 17.2 Å². The largest absolute Gasteiger partial charge is 0.506 e. The van der Waals surface area contributed by atoms with Crippen molar-refractivity contribution < 1.29 is 28.7 Å². The minimum absolute atomic E-state index is 0.145. The summed E-state index contributed by atoms with van der Waals surface area (Å²) >= 11 is 0. The predicted molar refractivity (Wildman–Crippen MR) is 104 cm³/mol. The lowest BCUT2D eigenvalue weighted by molar-refractivity contribution is 0.00578. The number of rotatable bonds is 4. The highest BCUT2D eigenvalue weighted by molar-refractivity contribution is 6.63. The van der Waals surface area contributed by atoms with Gasteiger partial charge in [0.2, 0.25) is 0 Å². The Hall–Kier alpha value is -2.25. The normalized spacial score (nSPS) is 18.0. The van der Waals surface area contributed by atoms with Crippen molar-refractivity contribution in [3.05, 3.63) is 23.8 Å². The monoisotopic (exact) mass is 372 g/mol. The van der Waals surface area contributed by atoms with Crippen molar-refractivity contribution in [2.24, 2.45) is 0 Å². The lowest BCUT2D eigenvalue weighted by Gasteiger charge is -2.32. The van der Waals surface area contributed by atoms with Gasteiger partial charge in [-0.1, -0.05) is 12.1 Å². The van der Waals surface area contributed by atoms with Crippen LogP contribution in [0.4, 0.5) is 0 Å². The van der Waals surface area contributed by atoms with Gasteiger partial charge in [-0.15, -0.1) is 0 Å². The molecule has 1 aliphatic rings. The van der Waals surface area contributed by atoms with Gasteiger partial charge in [-0.05, 0) is 40.7 Å². The van der Waals surface area contributed by atoms with Crippen molar-refractivity contribution in [2.75, 3.05) is 14.2 Å². The molecule has 0 spiro atoms. The molecule has 0 bridgehead atoms. The third-order valence-corrected chi connectivity index (χ3v) is 5.53. The second kappa shape index (κ2) is 6.42. The number of hydrogen-bond acceptors (Lipinski definition) is 6. The number of phenolic OH excluding ortho intramolecular Hbond substituents is 1. The molecule has 0 radical (unpaired) electrons. The average Bonchev–Trinajstić information content (AvgIpc) is 2.81. The van der Waals surface area contributed by atoms with Crippen molar-refractivity contribution in [3.63, 3.8) is 0 Å². The highest BCUT2D eigenvalue weighted by Gasteiger charge is 2.52. The lowest BCUT2D eigenvalue weighted by Crippen LogP contribution is -2.41. The third-order valence-electron chi connectivity index (χ3n) is 5.53. The zero-order valence-electron chi connectivity index (χ0n) is 16.8. The summed E-state index contributed by atoms with van der Waals surface area (Å²) < 4.78 is 23.3. The second-order valence-corrected chi connectivity index (χ2v) is 7.73. The molecule has 0 aliphatic carbocycles. The van der Waals surface area contributed by atoms with Gasteiger partial charge in [0.25, 0.3) is 0 Å². The van der Waals surface area contributed by atoms with Crippen LogP contribution in [0.2, 0.25) is 0 Å². The van der Waals surface area contributed by atoms with Gasteiger partial charge in [-0.3, -0.25) is 4.79 Å². The fourth-order valence-corrected chi connectivity index (χ4v) is 3.26. The molecule has 0 amide bonds. The van der Waals surface area contributed by atoms with Gasteiger partial charge < -0.3 is 23.9 Å². The van der Waals surface area contributed by atoms with Crippen molar-refractivity contribution in [1.29, 1.82) is 0 Å². The summed E-state index contributed by atoms with van der Waals surface area (Å²) in [6, 6.07) is 5.17. The molecule has 1 heterocycles. The molecule has 2 aromatic rings.